The minimum Gasteiger partial charge on any atom is -0.493 e. The summed E-state index contributed by atoms with van der Waals surface area (Å²) in [5.74, 6) is 1.35. The molecule has 0 saturated carbocycles. The maximum Gasteiger partial charge on any atom is 0.415 e. The fourth-order valence-corrected chi connectivity index (χ4v) is 5.10. The van der Waals surface area contributed by atoms with Crippen LogP contribution in [0.2, 0.25) is 0 Å². The predicted octanol–water partition coefficient (Wildman–Crippen LogP) is 4.34. The van der Waals surface area contributed by atoms with E-state index in [0.717, 1.165) is 11.1 Å². The normalized spacial score (nSPS) is 18.8. The number of rotatable bonds is 8. The quantitative estimate of drug-likeness (QED) is 0.418. The van der Waals surface area contributed by atoms with E-state index >= 15 is 0 Å². The third kappa shape index (κ3) is 7.57. The first-order valence-corrected chi connectivity index (χ1v) is 14.0. The smallest absolute Gasteiger partial charge is 0.415 e. The second-order valence-electron chi connectivity index (χ2n) is 11.4. The van der Waals surface area contributed by atoms with Crippen LogP contribution >= 0.6 is 0 Å². The molecule has 0 N–H and O–H groups in total. The van der Waals surface area contributed by atoms with E-state index < -0.39 is 17.8 Å². The maximum absolute atomic E-state index is 12.9. The zero-order valence-electron chi connectivity index (χ0n) is 25.1. The molecule has 2 aliphatic heterocycles. The summed E-state index contributed by atoms with van der Waals surface area (Å²) < 4.78 is 32.8. The molecule has 2 amide bonds. The molecule has 2 heterocycles. The minimum absolute atomic E-state index is 0.0153. The van der Waals surface area contributed by atoms with Gasteiger partial charge in [-0.05, 0) is 69.0 Å². The molecule has 228 valence electrons. The summed E-state index contributed by atoms with van der Waals surface area (Å²) >= 11 is 0. The van der Waals surface area contributed by atoms with Crippen molar-refractivity contribution < 1.29 is 42.8 Å². The van der Waals surface area contributed by atoms with Crippen LogP contribution in [0.1, 0.15) is 31.9 Å². The zero-order chi connectivity index (χ0) is 30.4. The van der Waals surface area contributed by atoms with Crippen LogP contribution in [0.25, 0.3) is 0 Å². The van der Waals surface area contributed by atoms with Crippen molar-refractivity contribution in [1.29, 1.82) is 0 Å². The molecular formula is C31H40N2O9. The lowest BCUT2D eigenvalue weighted by molar-refractivity contribution is -0.141. The molecule has 42 heavy (non-hydrogen) atoms. The van der Waals surface area contributed by atoms with Crippen LogP contribution in [-0.2, 0) is 27.1 Å². The third-order valence-corrected chi connectivity index (χ3v) is 7.33. The Morgan fingerprint density at radius 3 is 1.88 bits per heavy atom. The number of esters is 1. The zero-order valence-corrected chi connectivity index (χ0v) is 25.1. The first kappa shape index (κ1) is 30.8. The number of methoxy groups -OCH3 is 3. The van der Waals surface area contributed by atoms with Gasteiger partial charge in [-0.1, -0.05) is 12.1 Å². The summed E-state index contributed by atoms with van der Waals surface area (Å²) in [6, 6.07) is 11.0. The number of hydrogen-bond acceptors (Lipinski definition) is 9. The number of cyclic esters (lactones) is 1. The van der Waals surface area contributed by atoms with Gasteiger partial charge >= 0.3 is 18.2 Å². The van der Waals surface area contributed by atoms with Gasteiger partial charge in [-0.25, -0.2) is 9.59 Å². The number of nitrogens with zero attached hydrogens (tertiary/aromatic N) is 2. The fraction of sp³-hybridized carbons (Fsp3) is 0.516. The van der Waals surface area contributed by atoms with Crippen molar-refractivity contribution in [1.82, 2.24) is 9.80 Å². The summed E-state index contributed by atoms with van der Waals surface area (Å²) in [7, 11) is 4.68. The van der Waals surface area contributed by atoms with Crippen molar-refractivity contribution >= 4 is 18.2 Å². The Morgan fingerprint density at radius 2 is 1.31 bits per heavy atom. The minimum atomic E-state index is -0.584. The lowest BCUT2D eigenvalue weighted by atomic mass is 9.85. The van der Waals surface area contributed by atoms with E-state index in [1.807, 2.05) is 45.0 Å². The molecule has 11 heteroatoms. The van der Waals surface area contributed by atoms with Gasteiger partial charge < -0.3 is 38.2 Å². The number of ether oxygens (including phenoxy) is 6. The summed E-state index contributed by atoms with van der Waals surface area (Å²) in [6.45, 7) is 7.13. The molecule has 4 rings (SSSR count). The molecule has 2 aliphatic rings. The second kappa shape index (κ2) is 13.2. The highest BCUT2D eigenvalue weighted by atomic mass is 16.6. The van der Waals surface area contributed by atoms with Crippen LogP contribution in [0.5, 0.6) is 23.0 Å². The Morgan fingerprint density at radius 1 is 0.786 bits per heavy atom. The van der Waals surface area contributed by atoms with Crippen LogP contribution in [0.3, 0.4) is 0 Å². The lowest BCUT2D eigenvalue weighted by Gasteiger charge is -2.35. The molecule has 2 saturated heterocycles. The molecule has 0 spiro atoms. The van der Waals surface area contributed by atoms with E-state index in [-0.39, 0.29) is 23.6 Å². The van der Waals surface area contributed by atoms with Crippen molar-refractivity contribution in [3.05, 3.63) is 47.5 Å². The monoisotopic (exact) mass is 584 g/mol. The highest BCUT2D eigenvalue weighted by Gasteiger charge is 2.37. The van der Waals surface area contributed by atoms with Crippen molar-refractivity contribution in [3.8, 4) is 23.0 Å². The molecule has 2 aromatic rings. The van der Waals surface area contributed by atoms with Gasteiger partial charge in [-0.15, -0.1) is 0 Å². The van der Waals surface area contributed by atoms with Crippen molar-refractivity contribution in [2.24, 2.45) is 11.8 Å². The third-order valence-electron chi connectivity index (χ3n) is 7.33. The number of benzene rings is 2. The van der Waals surface area contributed by atoms with Gasteiger partial charge in [0, 0.05) is 32.1 Å². The van der Waals surface area contributed by atoms with E-state index in [1.165, 1.54) is 7.11 Å². The Labute approximate surface area is 246 Å². The molecule has 0 bridgehead atoms. The van der Waals surface area contributed by atoms with Crippen LogP contribution in [-0.4, -0.2) is 87.7 Å². The number of piperazine rings is 1. The van der Waals surface area contributed by atoms with Gasteiger partial charge in [0.2, 0.25) is 0 Å². The van der Waals surface area contributed by atoms with Crippen molar-refractivity contribution in [3.63, 3.8) is 0 Å². The largest absolute Gasteiger partial charge is 0.493 e. The van der Waals surface area contributed by atoms with Gasteiger partial charge in [-0.2, -0.15) is 0 Å². The molecule has 2 aromatic carbocycles. The van der Waals surface area contributed by atoms with Crippen LogP contribution < -0.4 is 18.9 Å². The second-order valence-corrected chi connectivity index (χ2v) is 11.4. The first-order chi connectivity index (χ1) is 20.0. The molecule has 2 fully saturated rings. The number of carbonyl (C=O) groups excluding carboxylic acids is 3. The lowest BCUT2D eigenvalue weighted by Crippen LogP contribution is -2.52. The standard InChI is InChI=1S/C31H40N2O9/c1-31(2,3)42-30(36)33-13-11-32(12-14-33)29(35)41-25-10-8-21(18-27(25)39-6)16-23-22(19-40-28(23)34)15-20-7-9-24(37-4)26(17-20)38-5/h7-10,17-18,22-23H,11-16,19H2,1-6H3/t22-,23+/m0/s1. The van der Waals surface area contributed by atoms with Gasteiger partial charge in [0.25, 0.3) is 0 Å². The van der Waals surface area contributed by atoms with Gasteiger partial charge in [0.1, 0.15) is 5.60 Å². The Balaban J connectivity index is 1.37. The molecule has 2 atom stereocenters. The Hall–Kier alpha value is -4.15. The summed E-state index contributed by atoms with van der Waals surface area (Å²) in [4.78, 5) is 41.0. The van der Waals surface area contributed by atoms with Crippen LogP contribution in [0.15, 0.2) is 36.4 Å². The highest BCUT2D eigenvalue weighted by Crippen LogP contribution is 2.35. The van der Waals surface area contributed by atoms with Crippen molar-refractivity contribution in [2.45, 2.75) is 39.2 Å². The summed E-state index contributed by atoms with van der Waals surface area (Å²) in [5, 5.41) is 0. The Bertz CT molecular complexity index is 1280. The van der Waals surface area contributed by atoms with E-state index in [1.54, 1.807) is 36.2 Å². The number of amides is 2. The van der Waals surface area contributed by atoms with Crippen molar-refractivity contribution in [2.75, 3.05) is 54.1 Å². The average molecular weight is 585 g/mol. The molecule has 0 radical (unpaired) electrons. The summed E-state index contributed by atoms with van der Waals surface area (Å²) in [5.41, 5.74) is 1.30. The fourth-order valence-electron chi connectivity index (χ4n) is 5.10. The van der Waals surface area contributed by atoms with Gasteiger partial charge in [0.05, 0.1) is 33.9 Å². The molecule has 0 aromatic heterocycles. The van der Waals surface area contributed by atoms with E-state index in [2.05, 4.69) is 0 Å². The van der Waals surface area contributed by atoms with Crippen LogP contribution in [0.4, 0.5) is 9.59 Å². The van der Waals surface area contributed by atoms with E-state index in [4.69, 9.17) is 28.4 Å². The first-order valence-electron chi connectivity index (χ1n) is 14.0. The number of carbonyl (C=O) groups is 3. The van der Waals surface area contributed by atoms with Gasteiger partial charge in [0.15, 0.2) is 23.0 Å². The topological polar surface area (TPSA) is 113 Å². The highest BCUT2D eigenvalue weighted by molar-refractivity contribution is 5.75. The SMILES string of the molecule is COc1ccc(C[C@H]2COC(=O)[C@@H]2Cc2ccc(OC(=O)N3CCN(C(=O)OC(C)(C)C)CC3)c(OC)c2)cc1OC. The van der Waals surface area contributed by atoms with Crippen LogP contribution in [0, 0.1) is 11.8 Å². The Kier molecular flexibility index (Phi) is 9.70. The van der Waals surface area contributed by atoms with E-state index in [0.29, 0.717) is 62.9 Å². The predicted molar refractivity (Wildman–Crippen MR) is 153 cm³/mol. The van der Waals surface area contributed by atoms with E-state index in [9.17, 15) is 14.4 Å². The summed E-state index contributed by atoms with van der Waals surface area (Å²) in [6.07, 6.45) is 0.169. The average Bonchev–Trinajstić information content (AvgIpc) is 3.30. The maximum atomic E-state index is 12.9. The molecular weight excluding hydrogens is 544 g/mol. The molecule has 0 unspecified atom stereocenters. The van der Waals surface area contributed by atoms with Gasteiger partial charge in [-0.3, -0.25) is 4.79 Å². The molecule has 11 nitrogen and oxygen atoms in total. The number of hydrogen-bond donors (Lipinski definition) is 0. The molecule has 0 aliphatic carbocycles.